The van der Waals surface area contributed by atoms with Gasteiger partial charge in [-0.1, -0.05) is 29.8 Å². The Morgan fingerprint density at radius 3 is 2.65 bits per heavy atom. The maximum atomic E-state index is 4.44. The number of thiazole rings is 1. The first-order chi connectivity index (χ1) is 11.3. The summed E-state index contributed by atoms with van der Waals surface area (Å²) >= 11 is 1.72. The van der Waals surface area contributed by atoms with Crippen LogP contribution in [-0.4, -0.2) is 18.1 Å². The van der Waals surface area contributed by atoms with Crippen LogP contribution in [0.3, 0.4) is 0 Å². The maximum Gasteiger partial charge on any atom is 0.0832 e. The number of nitrogens with zero attached hydrogens (tertiary/aromatic N) is 2. The molecule has 23 heavy (non-hydrogen) atoms. The Balaban J connectivity index is 1.39. The molecule has 3 heteroatoms. The van der Waals surface area contributed by atoms with Gasteiger partial charge in [0.05, 0.1) is 15.7 Å². The minimum Gasteiger partial charge on any atom is -0.371 e. The van der Waals surface area contributed by atoms with Crippen LogP contribution in [0.1, 0.15) is 24.0 Å². The summed E-state index contributed by atoms with van der Waals surface area (Å²) in [5.74, 6) is 0.817. The van der Waals surface area contributed by atoms with Gasteiger partial charge in [-0.2, -0.15) is 0 Å². The molecule has 1 aliphatic heterocycles. The fourth-order valence-corrected chi connectivity index (χ4v) is 4.15. The average Bonchev–Trinajstić information content (AvgIpc) is 3.05. The molecule has 1 aromatic heterocycles. The zero-order chi connectivity index (χ0) is 15.6. The second-order valence-electron chi connectivity index (χ2n) is 6.62. The number of aryl methyl sites for hydroxylation is 1. The number of fused-ring (bicyclic) bond motifs is 1. The molecule has 0 bridgehead atoms. The number of anilines is 1. The number of aromatic nitrogens is 1. The molecule has 0 spiro atoms. The van der Waals surface area contributed by atoms with E-state index >= 15 is 0 Å². The molecule has 0 unspecified atom stereocenters. The van der Waals surface area contributed by atoms with E-state index in [-0.39, 0.29) is 0 Å². The van der Waals surface area contributed by atoms with Crippen molar-refractivity contribution >= 4 is 27.2 Å². The molecule has 0 amide bonds. The summed E-state index contributed by atoms with van der Waals surface area (Å²) in [6.07, 6.45) is 3.78. The first-order valence-electron chi connectivity index (χ1n) is 8.42. The fourth-order valence-electron chi connectivity index (χ4n) is 3.50. The summed E-state index contributed by atoms with van der Waals surface area (Å²) in [6, 6.07) is 15.7. The molecule has 0 radical (unpaired) electrons. The number of piperidine rings is 1. The standard InChI is InChI=1S/C20H22N2S/c1-15-2-4-16(5-3-15)12-17-8-10-22(11-9-17)18-6-7-20-19(13-18)21-14-23-20/h2-7,13-14,17H,8-12H2,1H3. The third kappa shape index (κ3) is 3.25. The zero-order valence-electron chi connectivity index (χ0n) is 13.5. The van der Waals surface area contributed by atoms with Gasteiger partial charge in [-0.05, 0) is 55.9 Å². The smallest absolute Gasteiger partial charge is 0.0832 e. The molecular formula is C20H22N2S. The summed E-state index contributed by atoms with van der Waals surface area (Å²) < 4.78 is 1.28. The van der Waals surface area contributed by atoms with Crippen LogP contribution < -0.4 is 4.90 Å². The van der Waals surface area contributed by atoms with E-state index in [1.165, 1.54) is 40.8 Å². The van der Waals surface area contributed by atoms with Gasteiger partial charge in [0, 0.05) is 18.8 Å². The predicted molar refractivity (Wildman–Crippen MR) is 99.4 cm³/mol. The van der Waals surface area contributed by atoms with Crippen molar-refractivity contribution in [2.24, 2.45) is 5.92 Å². The van der Waals surface area contributed by atoms with Gasteiger partial charge >= 0.3 is 0 Å². The minimum atomic E-state index is 0.817. The van der Waals surface area contributed by atoms with E-state index in [4.69, 9.17) is 0 Å². The monoisotopic (exact) mass is 322 g/mol. The van der Waals surface area contributed by atoms with Gasteiger partial charge in [0.15, 0.2) is 0 Å². The molecule has 0 aliphatic carbocycles. The van der Waals surface area contributed by atoms with Gasteiger partial charge in [-0.25, -0.2) is 4.98 Å². The number of benzene rings is 2. The second kappa shape index (κ2) is 6.32. The van der Waals surface area contributed by atoms with Crippen LogP contribution in [0.2, 0.25) is 0 Å². The first-order valence-corrected chi connectivity index (χ1v) is 9.30. The van der Waals surface area contributed by atoms with Crippen molar-refractivity contribution in [3.8, 4) is 0 Å². The molecule has 0 N–H and O–H groups in total. The zero-order valence-corrected chi connectivity index (χ0v) is 14.4. The fraction of sp³-hybridized carbons (Fsp3) is 0.350. The van der Waals surface area contributed by atoms with Gasteiger partial charge in [-0.3, -0.25) is 0 Å². The van der Waals surface area contributed by atoms with E-state index in [0.717, 1.165) is 24.5 Å². The Kier molecular flexibility index (Phi) is 4.04. The van der Waals surface area contributed by atoms with Gasteiger partial charge in [0.2, 0.25) is 0 Å². The normalized spacial score (nSPS) is 16.1. The highest BCUT2D eigenvalue weighted by Crippen LogP contribution is 2.28. The van der Waals surface area contributed by atoms with Crippen molar-refractivity contribution in [3.05, 3.63) is 59.1 Å². The van der Waals surface area contributed by atoms with Crippen LogP contribution >= 0.6 is 11.3 Å². The molecule has 1 fully saturated rings. The van der Waals surface area contributed by atoms with E-state index in [1.807, 2.05) is 5.51 Å². The summed E-state index contributed by atoms with van der Waals surface area (Å²) in [7, 11) is 0. The number of hydrogen-bond donors (Lipinski definition) is 0. The summed E-state index contributed by atoms with van der Waals surface area (Å²) in [4.78, 5) is 6.96. The van der Waals surface area contributed by atoms with Crippen LogP contribution in [0, 0.1) is 12.8 Å². The van der Waals surface area contributed by atoms with Crippen LogP contribution in [0.5, 0.6) is 0 Å². The predicted octanol–water partition coefficient (Wildman–Crippen LogP) is 5.06. The van der Waals surface area contributed by atoms with E-state index in [0.29, 0.717) is 0 Å². The molecule has 118 valence electrons. The molecule has 2 heterocycles. The van der Waals surface area contributed by atoms with E-state index in [1.54, 1.807) is 11.3 Å². The average molecular weight is 322 g/mol. The lowest BCUT2D eigenvalue weighted by atomic mass is 9.90. The van der Waals surface area contributed by atoms with E-state index in [9.17, 15) is 0 Å². The highest BCUT2D eigenvalue weighted by Gasteiger charge is 2.20. The van der Waals surface area contributed by atoms with Crippen LogP contribution in [0.4, 0.5) is 5.69 Å². The summed E-state index contributed by atoms with van der Waals surface area (Å²) in [5.41, 5.74) is 7.23. The molecule has 3 aromatic rings. The van der Waals surface area contributed by atoms with Gasteiger partial charge in [0.1, 0.15) is 0 Å². The Hall–Kier alpha value is -1.87. The Morgan fingerprint density at radius 2 is 1.87 bits per heavy atom. The van der Waals surface area contributed by atoms with Crippen LogP contribution in [0.25, 0.3) is 10.2 Å². The van der Waals surface area contributed by atoms with Gasteiger partial charge in [0.25, 0.3) is 0 Å². The topological polar surface area (TPSA) is 16.1 Å². The lowest BCUT2D eigenvalue weighted by Gasteiger charge is -2.33. The van der Waals surface area contributed by atoms with Crippen molar-refractivity contribution < 1.29 is 0 Å². The Labute approximate surface area is 141 Å². The molecule has 0 saturated carbocycles. The summed E-state index contributed by atoms with van der Waals surface area (Å²) in [6.45, 7) is 4.47. The third-order valence-electron chi connectivity index (χ3n) is 4.94. The lowest BCUT2D eigenvalue weighted by Crippen LogP contribution is -2.34. The van der Waals surface area contributed by atoms with E-state index in [2.05, 4.69) is 59.3 Å². The second-order valence-corrected chi connectivity index (χ2v) is 7.51. The van der Waals surface area contributed by atoms with Crippen molar-refractivity contribution in [1.82, 2.24) is 4.98 Å². The molecule has 0 atom stereocenters. The quantitative estimate of drug-likeness (QED) is 0.670. The van der Waals surface area contributed by atoms with Crippen LogP contribution in [0.15, 0.2) is 48.0 Å². The summed E-state index contributed by atoms with van der Waals surface area (Å²) in [5, 5.41) is 0. The lowest BCUT2D eigenvalue weighted by molar-refractivity contribution is 0.404. The SMILES string of the molecule is Cc1ccc(CC2CCN(c3ccc4scnc4c3)CC2)cc1. The van der Waals surface area contributed by atoms with Crippen molar-refractivity contribution in [3.63, 3.8) is 0 Å². The molecule has 2 nitrogen and oxygen atoms in total. The molecular weight excluding hydrogens is 300 g/mol. The molecule has 2 aromatic carbocycles. The Morgan fingerprint density at radius 1 is 1.09 bits per heavy atom. The highest BCUT2D eigenvalue weighted by atomic mass is 32.1. The van der Waals surface area contributed by atoms with E-state index < -0.39 is 0 Å². The van der Waals surface area contributed by atoms with Crippen molar-refractivity contribution in [2.45, 2.75) is 26.2 Å². The maximum absolute atomic E-state index is 4.44. The minimum absolute atomic E-state index is 0.817. The first kappa shape index (κ1) is 14.7. The molecule has 4 rings (SSSR count). The molecule has 1 aliphatic rings. The highest BCUT2D eigenvalue weighted by molar-refractivity contribution is 7.16. The number of rotatable bonds is 3. The van der Waals surface area contributed by atoms with Crippen molar-refractivity contribution in [2.75, 3.05) is 18.0 Å². The van der Waals surface area contributed by atoms with Crippen LogP contribution in [-0.2, 0) is 6.42 Å². The van der Waals surface area contributed by atoms with Gasteiger partial charge < -0.3 is 4.90 Å². The van der Waals surface area contributed by atoms with Crippen molar-refractivity contribution in [1.29, 1.82) is 0 Å². The van der Waals surface area contributed by atoms with Gasteiger partial charge in [-0.15, -0.1) is 11.3 Å². The Bertz CT molecular complexity index is 783. The molecule has 1 saturated heterocycles. The largest absolute Gasteiger partial charge is 0.371 e. The number of hydrogen-bond acceptors (Lipinski definition) is 3. The third-order valence-corrected chi connectivity index (χ3v) is 5.75.